The fourth-order valence-electron chi connectivity index (χ4n) is 2.93. The number of rotatable bonds is 11. The molecule has 1 radical (unpaired) electrons. The van der Waals surface area contributed by atoms with Crippen LogP contribution in [-0.2, 0) is 9.53 Å². The first-order chi connectivity index (χ1) is 14.9. The van der Waals surface area contributed by atoms with Crippen molar-refractivity contribution in [3.63, 3.8) is 0 Å². The van der Waals surface area contributed by atoms with E-state index in [-0.39, 0.29) is 30.1 Å². The molecule has 0 bridgehead atoms. The van der Waals surface area contributed by atoms with Crippen LogP contribution < -0.4 is 9.47 Å². The fraction of sp³-hybridized carbons (Fsp3) is 0.292. The second-order valence-electron chi connectivity index (χ2n) is 6.68. The molecule has 1 unspecified atom stereocenters. The van der Waals surface area contributed by atoms with Crippen LogP contribution in [0.2, 0.25) is 0 Å². The summed E-state index contributed by atoms with van der Waals surface area (Å²) in [7, 11) is 0. The van der Waals surface area contributed by atoms with Gasteiger partial charge in [-0.2, -0.15) is 5.26 Å². The summed E-state index contributed by atoms with van der Waals surface area (Å²) in [6.07, 6.45) is 2.71. The zero-order chi connectivity index (χ0) is 22.7. The highest BCUT2D eigenvalue weighted by Crippen LogP contribution is 2.26. The van der Waals surface area contributed by atoms with Crippen LogP contribution in [0.4, 0.5) is 4.39 Å². The molecule has 0 saturated heterocycles. The van der Waals surface area contributed by atoms with Gasteiger partial charge in [0, 0.05) is 18.9 Å². The number of para-hydroxylation sites is 1. The maximum absolute atomic E-state index is 13.7. The van der Waals surface area contributed by atoms with Gasteiger partial charge in [-0.05, 0) is 36.8 Å². The van der Waals surface area contributed by atoms with Gasteiger partial charge in [-0.1, -0.05) is 38.1 Å². The third kappa shape index (κ3) is 6.68. The number of benzene rings is 2. The Morgan fingerprint density at radius 2 is 2.03 bits per heavy atom. The van der Waals surface area contributed by atoms with E-state index in [1.165, 1.54) is 18.2 Å². The third-order valence-corrected chi connectivity index (χ3v) is 4.39. The molecule has 6 nitrogen and oxygen atoms in total. The monoisotopic (exact) mass is 424 g/mol. The number of nitriles is 1. The summed E-state index contributed by atoms with van der Waals surface area (Å²) in [4.78, 5) is 24.1. The van der Waals surface area contributed by atoms with Crippen molar-refractivity contribution in [3.05, 3.63) is 72.6 Å². The van der Waals surface area contributed by atoms with Gasteiger partial charge in [0.2, 0.25) is 0 Å². The number of carbonyl (C=O) groups is 2. The summed E-state index contributed by atoms with van der Waals surface area (Å²) in [6, 6.07) is 14.9. The van der Waals surface area contributed by atoms with Crippen LogP contribution >= 0.6 is 0 Å². The van der Waals surface area contributed by atoms with E-state index in [2.05, 4.69) is 18.7 Å². The molecule has 2 rings (SSSR count). The molecule has 0 aromatic heterocycles. The molecule has 31 heavy (non-hydrogen) atoms. The average Bonchev–Trinajstić information content (AvgIpc) is 2.78. The van der Waals surface area contributed by atoms with E-state index in [1.54, 1.807) is 18.2 Å². The van der Waals surface area contributed by atoms with E-state index < -0.39 is 23.4 Å². The molecule has 161 valence electrons. The number of nitrogens with zero attached hydrogens (tertiary/aromatic N) is 1. The predicted molar refractivity (Wildman–Crippen MR) is 111 cm³/mol. The lowest BCUT2D eigenvalue weighted by Gasteiger charge is -2.25. The Hall–Kier alpha value is -3.66. The first kappa shape index (κ1) is 23.6. The molecule has 0 aliphatic rings. The van der Waals surface area contributed by atoms with Gasteiger partial charge in [-0.3, -0.25) is 0 Å². The van der Waals surface area contributed by atoms with Gasteiger partial charge < -0.3 is 14.2 Å². The van der Waals surface area contributed by atoms with Gasteiger partial charge >= 0.3 is 11.9 Å². The summed E-state index contributed by atoms with van der Waals surface area (Å²) in [5.74, 6) is -2.07. The Balaban J connectivity index is 2.02. The second-order valence-corrected chi connectivity index (χ2v) is 6.68. The number of hydrogen-bond acceptors (Lipinski definition) is 6. The molecule has 0 saturated carbocycles. The van der Waals surface area contributed by atoms with Crippen molar-refractivity contribution in [2.75, 3.05) is 6.61 Å². The smallest absolute Gasteiger partial charge is 0.347 e. The van der Waals surface area contributed by atoms with E-state index in [4.69, 9.17) is 14.2 Å². The molecule has 0 heterocycles. The number of halogens is 1. The molecule has 0 N–H and O–H groups in total. The van der Waals surface area contributed by atoms with Gasteiger partial charge in [0.05, 0.1) is 6.61 Å². The lowest BCUT2D eigenvalue weighted by Crippen LogP contribution is -2.33. The highest BCUT2D eigenvalue weighted by Gasteiger charge is 2.32. The van der Waals surface area contributed by atoms with Crippen molar-refractivity contribution >= 4 is 11.9 Å². The normalized spacial score (nSPS) is 12.2. The molecule has 7 heteroatoms. The zero-order valence-corrected chi connectivity index (χ0v) is 17.2. The molecule has 0 aliphatic carbocycles. The Labute approximate surface area is 180 Å². The van der Waals surface area contributed by atoms with Crippen LogP contribution in [0, 0.1) is 23.2 Å². The highest BCUT2D eigenvalue weighted by atomic mass is 19.1. The molecule has 1 atom stereocenters. The Morgan fingerprint density at radius 1 is 1.26 bits per heavy atom. The second kappa shape index (κ2) is 11.5. The van der Waals surface area contributed by atoms with Gasteiger partial charge in [0.15, 0.2) is 17.2 Å². The summed E-state index contributed by atoms with van der Waals surface area (Å²) < 4.78 is 29.8. The van der Waals surface area contributed by atoms with Gasteiger partial charge in [0.1, 0.15) is 17.4 Å². The Bertz CT molecular complexity index is 968. The van der Waals surface area contributed by atoms with Crippen LogP contribution in [0.25, 0.3) is 0 Å². The van der Waals surface area contributed by atoms with Crippen molar-refractivity contribution < 1.29 is 28.2 Å². The van der Waals surface area contributed by atoms with Gasteiger partial charge in [0.25, 0.3) is 0 Å². The molecule has 0 aliphatic heterocycles. The van der Waals surface area contributed by atoms with E-state index in [0.717, 1.165) is 12.1 Å². The molecule has 0 amide bonds. The Morgan fingerprint density at radius 3 is 2.71 bits per heavy atom. The van der Waals surface area contributed by atoms with E-state index >= 15 is 0 Å². The largest absolute Gasteiger partial charge is 0.493 e. The standard InChI is InChI=1S/C24H23FNO5/c1-3-14-24(17-26,31-22(27)4-2)15-9-16-29-20-12-7-5-10-18(20)23(28)30-21-13-8-6-11-19(21)25/h4-5,7-8,10-13H,2-3,9,14-16H2,1H3. The maximum atomic E-state index is 13.7. The summed E-state index contributed by atoms with van der Waals surface area (Å²) in [5.41, 5.74) is -1.13. The van der Waals surface area contributed by atoms with Crippen molar-refractivity contribution in [2.45, 2.75) is 38.2 Å². The molecule has 2 aromatic rings. The van der Waals surface area contributed by atoms with E-state index in [1.807, 2.05) is 6.92 Å². The third-order valence-electron chi connectivity index (χ3n) is 4.39. The number of hydrogen-bond donors (Lipinski definition) is 0. The average molecular weight is 424 g/mol. The van der Waals surface area contributed by atoms with E-state index in [0.29, 0.717) is 19.3 Å². The van der Waals surface area contributed by atoms with Crippen LogP contribution in [0.5, 0.6) is 11.5 Å². The molecule has 2 aromatic carbocycles. The maximum Gasteiger partial charge on any atom is 0.347 e. The zero-order valence-electron chi connectivity index (χ0n) is 17.2. The first-order valence-electron chi connectivity index (χ1n) is 9.81. The summed E-state index contributed by atoms with van der Waals surface area (Å²) in [6.45, 7) is 5.41. The first-order valence-corrected chi connectivity index (χ1v) is 9.81. The SMILES string of the molecule is C=CC(=O)OC(C#N)(CCC)CCCOc1ccccc1C(=O)Oc1cc[c]cc1F. The molecule has 0 fully saturated rings. The van der Waals surface area contributed by atoms with Gasteiger partial charge in [-0.15, -0.1) is 0 Å². The minimum atomic E-state index is -1.26. The Kier molecular flexibility index (Phi) is 8.77. The predicted octanol–water partition coefficient (Wildman–Crippen LogP) is 4.80. The van der Waals surface area contributed by atoms with Crippen molar-refractivity contribution in [2.24, 2.45) is 0 Å². The number of esters is 2. The minimum Gasteiger partial charge on any atom is -0.493 e. The van der Waals surface area contributed by atoms with Crippen LogP contribution in [0.15, 0.2) is 55.1 Å². The minimum absolute atomic E-state index is 0.132. The molecular formula is C24H23FNO5. The summed E-state index contributed by atoms with van der Waals surface area (Å²) in [5, 5.41) is 9.55. The fourth-order valence-corrected chi connectivity index (χ4v) is 2.93. The summed E-state index contributed by atoms with van der Waals surface area (Å²) >= 11 is 0. The van der Waals surface area contributed by atoms with Crippen LogP contribution in [-0.4, -0.2) is 24.1 Å². The topological polar surface area (TPSA) is 85.6 Å². The van der Waals surface area contributed by atoms with Crippen LogP contribution in [0.3, 0.4) is 0 Å². The van der Waals surface area contributed by atoms with Crippen molar-refractivity contribution in [1.29, 1.82) is 5.26 Å². The number of carbonyl (C=O) groups excluding carboxylic acids is 2. The van der Waals surface area contributed by atoms with E-state index in [9.17, 15) is 19.2 Å². The molecular weight excluding hydrogens is 401 g/mol. The quantitative estimate of drug-likeness (QED) is 0.223. The lowest BCUT2D eigenvalue weighted by molar-refractivity contribution is -0.149. The van der Waals surface area contributed by atoms with Gasteiger partial charge in [-0.25, -0.2) is 14.0 Å². The highest BCUT2D eigenvalue weighted by molar-refractivity contribution is 5.94. The number of ether oxygens (including phenoxy) is 3. The molecule has 0 spiro atoms. The van der Waals surface area contributed by atoms with Crippen LogP contribution in [0.1, 0.15) is 43.0 Å². The van der Waals surface area contributed by atoms with Crippen molar-refractivity contribution in [1.82, 2.24) is 0 Å². The lowest BCUT2D eigenvalue weighted by atomic mass is 9.94. The van der Waals surface area contributed by atoms with Crippen molar-refractivity contribution in [3.8, 4) is 17.6 Å².